The van der Waals surface area contributed by atoms with Gasteiger partial charge in [-0.1, -0.05) is 12.1 Å². The van der Waals surface area contributed by atoms with Crippen LogP contribution in [0.2, 0.25) is 0 Å². The summed E-state index contributed by atoms with van der Waals surface area (Å²) < 4.78 is 0. The van der Waals surface area contributed by atoms with Gasteiger partial charge in [0.2, 0.25) is 5.91 Å². The molecule has 2 aromatic rings. The highest BCUT2D eigenvalue weighted by atomic mass is 16.2. The first-order valence-electron chi connectivity index (χ1n) is 6.62. The number of hydrogen-bond donors (Lipinski definition) is 1. The molecule has 0 bridgehead atoms. The second-order valence-corrected chi connectivity index (χ2v) is 4.85. The lowest BCUT2D eigenvalue weighted by Crippen LogP contribution is -2.26. The second kappa shape index (κ2) is 6.70. The van der Waals surface area contributed by atoms with E-state index in [2.05, 4.69) is 4.98 Å². The van der Waals surface area contributed by atoms with Crippen molar-refractivity contribution in [1.82, 2.24) is 9.88 Å². The van der Waals surface area contributed by atoms with Crippen LogP contribution in [0, 0.1) is 0 Å². The van der Waals surface area contributed by atoms with Gasteiger partial charge in [-0.3, -0.25) is 9.78 Å². The van der Waals surface area contributed by atoms with Crippen molar-refractivity contribution < 1.29 is 4.79 Å². The predicted molar refractivity (Wildman–Crippen MR) is 79.9 cm³/mol. The Morgan fingerprint density at radius 1 is 1.20 bits per heavy atom. The van der Waals surface area contributed by atoms with Crippen LogP contribution in [0.3, 0.4) is 0 Å². The lowest BCUT2D eigenvalue weighted by atomic mass is 10.1. The Labute approximate surface area is 119 Å². The first-order valence-corrected chi connectivity index (χ1v) is 6.62. The van der Waals surface area contributed by atoms with E-state index in [0.29, 0.717) is 19.4 Å². The molecule has 0 fully saturated rings. The monoisotopic (exact) mass is 269 g/mol. The molecule has 0 aliphatic heterocycles. The molecule has 2 rings (SSSR count). The molecule has 0 radical (unpaired) electrons. The normalized spacial score (nSPS) is 10.2. The number of hydrogen-bond acceptors (Lipinski definition) is 3. The summed E-state index contributed by atoms with van der Waals surface area (Å²) in [6.45, 7) is 0.609. The van der Waals surface area contributed by atoms with Crippen molar-refractivity contribution in [2.24, 2.45) is 0 Å². The van der Waals surface area contributed by atoms with Gasteiger partial charge in [0.15, 0.2) is 0 Å². The zero-order chi connectivity index (χ0) is 14.4. The molecule has 0 unspecified atom stereocenters. The number of aromatic nitrogens is 1. The summed E-state index contributed by atoms with van der Waals surface area (Å²) in [6, 6.07) is 11.5. The van der Waals surface area contributed by atoms with E-state index in [1.165, 1.54) is 0 Å². The third-order valence-electron chi connectivity index (χ3n) is 3.17. The van der Waals surface area contributed by atoms with Crippen molar-refractivity contribution in [3.63, 3.8) is 0 Å². The van der Waals surface area contributed by atoms with Crippen molar-refractivity contribution in [3.05, 3.63) is 59.9 Å². The summed E-state index contributed by atoms with van der Waals surface area (Å²) in [4.78, 5) is 17.8. The summed E-state index contributed by atoms with van der Waals surface area (Å²) in [5.74, 6) is 0.129. The Bertz CT molecular complexity index is 569. The number of nitrogens with zero attached hydrogens (tertiary/aromatic N) is 2. The highest BCUT2D eigenvalue weighted by Gasteiger charge is 2.09. The zero-order valence-corrected chi connectivity index (χ0v) is 11.6. The van der Waals surface area contributed by atoms with E-state index in [-0.39, 0.29) is 5.91 Å². The number of carbonyl (C=O) groups is 1. The van der Waals surface area contributed by atoms with Crippen LogP contribution in [0.15, 0.2) is 48.8 Å². The quantitative estimate of drug-likeness (QED) is 0.847. The van der Waals surface area contributed by atoms with Crippen molar-refractivity contribution in [1.29, 1.82) is 0 Å². The van der Waals surface area contributed by atoms with Gasteiger partial charge in [0.1, 0.15) is 0 Å². The molecule has 0 aliphatic rings. The fourth-order valence-electron chi connectivity index (χ4n) is 2.04. The average Bonchev–Trinajstić information content (AvgIpc) is 2.46. The number of nitrogen functional groups attached to an aromatic ring is 1. The number of anilines is 1. The van der Waals surface area contributed by atoms with Gasteiger partial charge in [-0.15, -0.1) is 0 Å². The van der Waals surface area contributed by atoms with Gasteiger partial charge in [0.05, 0.1) is 0 Å². The summed E-state index contributed by atoms with van der Waals surface area (Å²) in [6.07, 6.45) is 4.68. The molecule has 2 N–H and O–H groups in total. The highest BCUT2D eigenvalue weighted by Crippen LogP contribution is 2.10. The number of amides is 1. The molecule has 0 aliphatic carbocycles. The van der Waals surface area contributed by atoms with Crippen molar-refractivity contribution in [3.8, 4) is 0 Å². The van der Waals surface area contributed by atoms with Crippen LogP contribution < -0.4 is 5.73 Å². The third-order valence-corrected chi connectivity index (χ3v) is 3.17. The van der Waals surface area contributed by atoms with E-state index in [1.807, 2.05) is 43.4 Å². The SMILES string of the molecule is CN(Cc1ccncc1)C(=O)CCc1cccc(N)c1. The minimum absolute atomic E-state index is 0.129. The fraction of sp³-hybridized carbons (Fsp3) is 0.250. The largest absolute Gasteiger partial charge is 0.399 e. The highest BCUT2D eigenvalue weighted by molar-refractivity contribution is 5.76. The zero-order valence-electron chi connectivity index (χ0n) is 11.6. The summed E-state index contributed by atoms with van der Waals surface area (Å²) in [7, 11) is 1.82. The minimum atomic E-state index is 0.129. The van der Waals surface area contributed by atoms with Crippen LogP contribution in [-0.4, -0.2) is 22.8 Å². The van der Waals surface area contributed by atoms with E-state index in [0.717, 1.165) is 16.8 Å². The maximum absolute atomic E-state index is 12.1. The van der Waals surface area contributed by atoms with E-state index >= 15 is 0 Å². The lowest BCUT2D eigenvalue weighted by Gasteiger charge is -2.17. The molecule has 0 atom stereocenters. The Morgan fingerprint density at radius 3 is 2.65 bits per heavy atom. The Balaban J connectivity index is 1.85. The van der Waals surface area contributed by atoms with E-state index in [4.69, 9.17) is 5.73 Å². The average molecular weight is 269 g/mol. The number of rotatable bonds is 5. The Hall–Kier alpha value is -2.36. The van der Waals surface area contributed by atoms with E-state index in [1.54, 1.807) is 17.3 Å². The molecular weight excluding hydrogens is 250 g/mol. The molecule has 4 nitrogen and oxygen atoms in total. The minimum Gasteiger partial charge on any atom is -0.399 e. The molecule has 0 saturated carbocycles. The van der Waals surface area contributed by atoms with Crippen molar-refractivity contribution in [2.75, 3.05) is 12.8 Å². The molecule has 20 heavy (non-hydrogen) atoms. The van der Waals surface area contributed by atoms with Crippen LogP contribution >= 0.6 is 0 Å². The van der Waals surface area contributed by atoms with Gasteiger partial charge in [-0.2, -0.15) is 0 Å². The fourth-order valence-corrected chi connectivity index (χ4v) is 2.04. The van der Waals surface area contributed by atoms with Gasteiger partial charge in [0, 0.05) is 38.1 Å². The van der Waals surface area contributed by atoms with Gasteiger partial charge in [-0.05, 0) is 41.8 Å². The van der Waals surface area contributed by atoms with Crippen LogP contribution in [0.1, 0.15) is 17.5 Å². The predicted octanol–water partition coefficient (Wildman–Crippen LogP) is 2.25. The van der Waals surface area contributed by atoms with Gasteiger partial charge >= 0.3 is 0 Å². The third kappa shape index (κ3) is 4.09. The molecule has 1 heterocycles. The standard InChI is InChI=1S/C16H19N3O/c1-19(12-14-7-9-18-10-8-14)16(20)6-5-13-3-2-4-15(17)11-13/h2-4,7-11H,5-6,12,17H2,1H3. The van der Waals surface area contributed by atoms with Crippen LogP contribution in [0.4, 0.5) is 5.69 Å². The summed E-state index contributed by atoms with van der Waals surface area (Å²) in [5.41, 5.74) is 8.64. The Kier molecular flexibility index (Phi) is 4.71. The lowest BCUT2D eigenvalue weighted by molar-refractivity contribution is -0.130. The van der Waals surface area contributed by atoms with Gasteiger partial charge in [-0.25, -0.2) is 0 Å². The number of nitrogens with two attached hydrogens (primary N) is 1. The molecule has 0 saturated heterocycles. The topological polar surface area (TPSA) is 59.2 Å². The second-order valence-electron chi connectivity index (χ2n) is 4.85. The van der Waals surface area contributed by atoms with E-state index < -0.39 is 0 Å². The van der Waals surface area contributed by atoms with Crippen molar-refractivity contribution >= 4 is 11.6 Å². The molecular formula is C16H19N3O. The smallest absolute Gasteiger partial charge is 0.222 e. The first-order chi connectivity index (χ1) is 9.65. The molecule has 1 aromatic carbocycles. The summed E-state index contributed by atoms with van der Waals surface area (Å²) >= 11 is 0. The molecule has 1 amide bonds. The Morgan fingerprint density at radius 2 is 1.95 bits per heavy atom. The molecule has 4 heteroatoms. The maximum atomic E-state index is 12.1. The maximum Gasteiger partial charge on any atom is 0.222 e. The van der Waals surface area contributed by atoms with Gasteiger partial charge in [0.25, 0.3) is 0 Å². The van der Waals surface area contributed by atoms with Crippen LogP contribution in [-0.2, 0) is 17.8 Å². The van der Waals surface area contributed by atoms with Crippen LogP contribution in [0.25, 0.3) is 0 Å². The molecule has 1 aromatic heterocycles. The van der Waals surface area contributed by atoms with Gasteiger partial charge < -0.3 is 10.6 Å². The summed E-state index contributed by atoms with van der Waals surface area (Å²) in [5, 5.41) is 0. The number of benzene rings is 1. The van der Waals surface area contributed by atoms with Crippen LogP contribution in [0.5, 0.6) is 0 Å². The number of pyridine rings is 1. The first kappa shape index (κ1) is 14.1. The van der Waals surface area contributed by atoms with E-state index in [9.17, 15) is 4.79 Å². The molecule has 104 valence electrons. The van der Waals surface area contributed by atoms with Crippen molar-refractivity contribution in [2.45, 2.75) is 19.4 Å². The molecule has 0 spiro atoms. The number of aryl methyl sites for hydroxylation is 1. The number of carbonyl (C=O) groups excluding carboxylic acids is 1.